The Morgan fingerprint density at radius 3 is 2.35 bits per heavy atom. The summed E-state index contributed by atoms with van der Waals surface area (Å²) in [5.41, 5.74) is 4.48. The molecule has 0 unspecified atom stereocenters. The third-order valence-electron chi connectivity index (χ3n) is 2.64. The minimum atomic E-state index is -0.0835. The summed E-state index contributed by atoms with van der Waals surface area (Å²) in [7, 11) is 0. The first-order valence-electron chi connectivity index (χ1n) is 5.77. The van der Waals surface area contributed by atoms with Gasteiger partial charge in [-0.2, -0.15) is 5.10 Å². The molecule has 0 aliphatic carbocycles. The highest BCUT2D eigenvalue weighted by Crippen LogP contribution is 2.14. The quantitative estimate of drug-likeness (QED) is 0.632. The van der Waals surface area contributed by atoms with Crippen molar-refractivity contribution in [2.75, 3.05) is 0 Å². The second-order valence-corrected chi connectivity index (χ2v) is 5.14. The summed E-state index contributed by atoms with van der Waals surface area (Å²) in [5, 5.41) is 4.11. The van der Waals surface area contributed by atoms with E-state index >= 15 is 0 Å². The molecule has 0 bridgehead atoms. The van der Waals surface area contributed by atoms with Gasteiger partial charge in [0, 0.05) is 11.1 Å². The molecule has 0 aliphatic heterocycles. The SMILES string of the molecule is C/C(=N\NC(=O)Cc1ccccc1)C(C)(C)C. The fourth-order valence-electron chi connectivity index (χ4n) is 1.13. The molecular weight excluding hydrogens is 212 g/mol. The van der Waals surface area contributed by atoms with Gasteiger partial charge < -0.3 is 0 Å². The summed E-state index contributed by atoms with van der Waals surface area (Å²) in [6.45, 7) is 8.11. The minimum Gasteiger partial charge on any atom is -0.273 e. The first-order valence-corrected chi connectivity index (χ1v) is 5.77. The Balaban J connectivity index is 2.52. The first kappa shape index (κ1) is 13.4. The lowest BCUT2D eigenvalue weighted by molar-refractivity contribution is -0.120. The van der Waals surface area contributed by atoms with Crippen LogP contribution in [0.25, 0.3) is 0 Å². The fourth-order valence-corrected chi connectivity index (χ4v) is 1.13. The molecule has 0 aromatic heterocycles. The molecule has 1 aromatic rings. The van der Waals surface area contributed by atoms with E-state index in [4.69, 9.17) is 0 Å². The molecule has 3 heteroatoms. The summed E-state index contributed by atoms with van der Waals surface area (Å²) in [6.07, 6.45) is 0.363. The van der Waals surface area contributed by atoms with Crippen LogP contribution in [-0.2, 0) is 11.2 Å². The van der Waals surface area contributed by atoms with Crippen molar-refractivity contribution in [3.8, 4) is 0 Å². The molecule has 1 rings (SSSR count). The Morgan fingerprint density at radius 1 is 1.24 bits per heavy atom. The number of nitrogens with one attached hydrogen (secondary N) is 1. The third kappa shape index (κ3) is 4.81. The number of hydrogen-bond donors (Lipinski definition) is 1. The summed E-state index contributed by atoms with van der Waals surface area (Å²) in [5.74, 6) is -0.0835. The predicted molar refractivity (Wildman–Crippen MR) is 70.9 cm³/mol. The van der Waals surface area contributed by atoms with E-state index < -0.39 is 0 Å². The zero-order valence-corrected chi connectivity index (χ0v) is 10.9. The predicted octanol–water partition coefficient (Wildman–Crippen LogP) is 2.77. The average Bonchev–Trinajstić information content (AvgIpc) is 2.26. The van der Waals surface area contributed by atoms with Crippen LogP contribution in [0.15, 0.2) is 35.4 Å². The lowest BCUT2D eigenvalue weighted by Crippen LogP contribution is -2.25. The second kappa shape index (κ2) is 5.62. The Hall–Kier alpha value is -1.64. The van der Waals surface area contributed by atoms with Gasteiger partial charge in [0.05, 0.1) is 6.42 Å². The van der Waals surface area contributed by atoms with E-state index in [1.165, 1.54) is 0 Å². The van der Waals surface area contributed by atoms with Crippen molar-refractivity contribution in [1.82, 2.24) is 5.43 Å². The van der Waals surface area contributed by atoms with Gasteiger partial charge in [-0.25, -0.2) is 5.43 Å². The van der Waals surface area contributed by atoms with Crippen LogP contribution in [0.5, 0.6) is 0 Å². The van der Waals surface area contributed by atoms with Crippen molar-refractivity contribution in [2.45, 2.75) is 34.1 Å². The molecule has 1 aromatic carbocycles. The van der Waals surface area contributed by atoms with Crippen molar-refractivity contribution in [3.63, 3.8) is 0 Å². The molecule has 0 aliphatic rings. The molecule has 17 heavy (non-hydrogen) atoms. The third-order valence-corrected chi connectivity index (χ3v) is 2.64. The maximum absolute atomic E-state index is 11.6. The summed E-state index contributed by atoms with van der Waals surface area (Å²) in [4.78, 5) is 11.6. The lowest BCUT2D eigenvalue weighted by Gasteiger charge is -2.17. The Morgan fingerprint density at radius 2 is 1.82 bits per heavy atom. The number of hydrazone groups is 1. The van der Waals surface area contributed by atoms with Gasteiger partial charge in [-0.05, 0) is 12.5 Å². The minimum absolute atomic E-state index is 0.0139. The zero-order chi connectivity index (χ0) is 12.9. The molecule has 1 N–H and O–H groups in total. The molecule has 0 atom stereocenters. The number of carbonyl (C=O) groups is 1. The van der Waals surface area contributed by atoms with Crippen molar-refractivity contribution in [3.05, 3.63) is 35.9 Å². The first-order chi connectivity index (χ1) is 7.89. The van der Waals surface area contributed by atoms with Gasteiger partial charge in [0.25, 0.3) is 0 Å². The Kier molecular flexibility index (Phi) is 4.44. The number of benzene rings is 1. The number of rotatable bonds is 3. The van der Waals surface area contributed by atoms with Gasteiger partial charge in [0.1, 0.15) is 0 Å². The average molecular weight is 232 g/mol. The van der Waals surface area contributed by atoms with Crippen LogP contribution in [0.3, 0.4) is 0 Å². The van der Waals surface area contributed by atoms with Crippen LogP contribution in [-0.4, -0.2) is 11.6 Å². The number of carbonyl (C=O) groups excluding carboxylic acids is 1. The van der Waals surface area contributed by atoms with Crippen LogP contribution in [0.1, 0.15) is 33.3 Å². The smallest absolute Gasteiger partial charge is 0.244 e. The summed E-state index contributed by atoms with van der Waals surface area (Å²) in [6, 6.07) is 9.64. The largest absolute Gasteiger partial charge is 0.273 e. The van der Waals surface area contributed by atoms with Crippen LogP contribution in [0.4, 0.5) is 0 Å². The molecule has 0 radical (unpaired) electrons. The molecule has 0 saturated heterocycles. The monoisotopic (exact) mass is 232 g/mol. The highest BCUT2D eigenvalue weighted by atomic mass is 16.2. The van der Waals surface area contributed by atoms with Gasteiger partial charge >= 0.3 is 0 Å². The Bertz CT molecular complexity index is 402. The number of amides is 1. The molecule has 92 valence electrons. The van der Waals surface area contributed by atoms with Gasteiger partial charge in [-0.3, -0.25) is 4.79 Å². The molecular formula is C14H20N2O. The van der Waals surface area contributed by atoms with E-state index in [2.05, 4.69) is 31.3 Å². The van der Waals surface area contributed by atoms with E-state index in [0.29, 0.717) is 6.42 Å². The molecule has 3 nitrogen and oxygen atoms in total. The van der Waals surface area contributed by atoms with Crippen molar-refractivity contribution < 1.29 is 4.79 Å². The van der Waals surface area contributed by atoms with Crippen molar-refractivity contribution in [1.29, 1.82) is 0 Å². The maximum Gasteiger partial charge on any atom is 0.244 e. The van der Waals surface area contributed by atoms with Crippen LogP contribution in [0.2, 0.25) is 0 Å². The molecule has 0 saturated carbocycles. The molecule has 0 heterocycles. The van der Waals surface area contributed by atoms with E-state index in [1.807, 2.05) is 37.3 Å². The maximum atomic E-state index is 11.6. The van der Waals surface area contributed by atoms with Crippen molar-refractivity contribution in [2.24, 2.45) is 10.5 Å². The molecule has 1 amide bonds. The van der Waals surface area contributed by atoms with Crippen LogP contribution in [0, 0.1) is 5.41 Å². The van der Waals surface area contributed by atoms with Gasteiger partial charge in [0.15, 0.2) is 0 Å². The highest BCUT2D eigenvalue weighted by Gasteiger charge is 2.14. The van der Waals surface area contributed by atoms with Gasteiger partial charge in [0.2, 0.25) is 5.91 Å². The standard InChI is InChI=1S/C14H20N2O/c1-11(14(2,3)4)15-16-13(17)10-12-8-6-5-7-9-12/h5-9H,10H2,1-4H3,(H,16,17)/b15-11+. The number of hydrogen-bond acceptors (Lipinski definition) is 2. The molecule has 0 spiro atoms. The molecule has 0 fully saturated rings. The van der Waals surface area contributed by atoms with E-state index in [-0.39, 0.29) is 11.3 Å². The lowest BCUT2D eigenvalue weighted by atomic mass is 9.91. The number of nitrogens with zero attached hydrogens (tertiary/aromatic N) is 1. The van der Waals surface area contributed by atoms with Crippen molar-refractivity contribution >= 4 is 11.6 Å². The summed E-state index contributed by atoms with van der Waals surface area (Å²) < 4.78 is 0. The topological polar surface area (TPSA) is 41.5 Å². The normalized spacial score (nSPS) is 12.4. The Labute approximate surface area is 103 Å². The summed E-state index contributed by atoms with van der Waals surface area (Å²) >= 11 is 0. The highest BCUT2D eigenvalue weighted by molar-refractivity contribution is 5.88. The van der Waals surface area contributed by atoms with E-state index in [9.17, 15) is 4.79 Å². The van der Waals surface area contributed by atoms with Crippen LogP contribution >= 0.6 is 0 Å². The van der Waals surface area contributed by atoms with E-state index in [0.717, 1.165) is 11.3 Å². The zero-order valence-electron chi connectivity index (χ0n) is 10.9. The van der Waals surface area contributed by atoms with Gasteiger partial charge in [-0.15, -0.1) is 0 Å². The second-order valence-electron chi connectivity index (χ2n) is 5.14. The van der Waals surface area contributed by atoms with E-state index in [1.54, 1.807) is 0 Å². The van der Waals surface area contributed by atoms with Crippen LogP contribution < -0.4 is 5.43 Å². The van der Waals surface area contributed by atoms with Gasteiger partial charge in [-0.1, -0.05) is 51.1 Å². The fraction of sp³-hybridized carbons (Fsp3) is 0.429.